The van der Waals surface area contributed by atoms with Crippen molar-refractivity contribution in [2.75, 3.05) is 20.3 Å². The number of hydrogen-bond donors (Lipinski definition) is 1. The third-order valence-electron chi connectivity index (χ3n) is 1.94. The highest BCUT2D eigenvalue weighted by molar-refractivity contribution is 4.61. The van der Waals surface area contributed by atoms with E-state index in [1.165, 1.54) is 0 Å². The lowest BCUT2D eigenvalue weighted by Crippen LogP contribution is -2.41. The van der Waals surface area contributed by atoms with Crippen LogP contribution >= 0.6 is 0 Å². The second kappa shape index (κ2) is 6.40. The maximum atomic E-state index is 9.01. The van der Waals surface area contributed by atoms with Crippen molar-refractivity contribution in [3.05, 3.63) is 0 Å². The molecule has 0 saturated carbocycles. The van der Waals surface area contributed by atoms with Gasteiger partial charge < -0.3 is 9.84 Å². The van der Waals surface area contributed by atoms with Crippen LogP contribution in [0.4, 0.5) is 0 Å². The molecule has 3 nitrogen and oxygen atoms in total. The van der Waals surface area contributed by atoms with E-state index in [-0.39, 0.29) is 12.8 Å². The molecule has 0 amide bonds. The van der Waals surface area contributed by atoms with E-state index in [4.69, 9.17) is 9.84 Å². The normalized spacial score (nSPS) is 14.2. The topological polar surface area (TPSA) is 32.7 Å². The molecular formula is C9H21NO2. The lowest BCUT2D eigenvalue weighted by molar-refractivity contribution is -0.0872. The first kappa shape index (κ1) is 11.9. The molecular weight excluding hydrogens is 154 g/mol. The number of aliphatic hydroxyl groups is 1. The fourth-order valence-corrected chi connectivity index (χ4v) is 0.885. The quantitative estimate of drug-likeness (QED) is 0.613. The van der Waals surface area contributed by atoms with Crippen LogP contribution in [0.15, 0.2) is 0 Å². The summed E-state index contributed by atoms with van der Waals surface area (Å²) < 4.78 is 5.44. The van der Waals surface area contributed by atoms with Gasteiger partial charge in [0.15, 0.2) is 0 Å². The molecule has 0 saturated heterocycles. The first-order valence-electron chi connectivity index (χ1n) is 4.57. The van der Waals surface area contributed by atoms with Gasteiger partial charge in [-0.2, -0.15) is 0 Å². The Morgan fingerprint density at radius 2 is 2.00 bits per heavy atom. The molecule has 3 heteroatoms. The lowest BCUT2D eigenvalue weighted by atomic mass is 10.3. The van der Waals surface area contributed by atoms with Crippen molar-refractivity contribution in [3.8, 4) is 0 Å². The molecule has 0 aliphatic heterocycles. The molecule has 74 valence electrons. The minimum atomic E-state index is -0.148. The average Bonchev–Trinajstić information content (AvgIpc) is 2.05. The molecule has 0 bridgehead atoms. The van der Waals surface area contributed by atoms with Crippen LogP contribution in [0.3, 0.4) is 0 Å². The van der Waals surface area contributed by atoms with Crippen LogP contribution < -0.4 is 0 Å². The van der Waals surface area contributed by atoms with Gasteiger partial charge in [-0.25, -0.2) is 0 Å². The van der Waals surface area contributed by atoms with E-state index in [2.05, 4.69) is 20.8 Å². The van der Waals surface area contributed by atoms with E-state index in [0.29, 0.717) is 12.6 Å². The molecule has 0 aromatic carbocycles. The summed E-state index contributed by atoms with van der Waals surface area (Å²) in [7, 11) is 1.96. The van der Waals surface area contributed by atoms with Crippen molar-refractivity contribution < 1.29 is 9.84 Å². The summed E-state index contributed by atoms with van der Waals surface area (Å²) in [4.78, 5) is 2.02. The Morgan fingerprint density at radius 3 is 2.33 bits per heavy atom. The predicted molar refractivity (Wildman–Crippen MR) is 50.0 cm³/mol. The van der Waals surface area contributed by atoms with Gasteiger partial charge in [-0.3, -0.25) is 4.90 Å². The average molecular weight is 175 g/mol. The fourth-order valence-electron chi connectivity index (χ4n) is 0.885. The van der Waals surface area contributed by atoms with Gasteiger partial charge in [-0.15, -0.1) is 0 Å². The van der Waals surface area contributed by atoms with E-state index >= 15 is 0 Å². The zero-order chi connectivity index (χ0) is 9.56. The van der Waals surface area contributed by atoms with E-state index < -0.39 is 0 Å². The monoisotopic (exact) mass is 175 g/mol. The first-order valence-corrected chi connectivity index (χ1v) is 4.57. The van der Waals surface area contributed by atoms with Gasteiger partial charge in [-0.1, -0.05) is 6.92 Å². The number of hydrogen-bond acceptors (Lipinski definition) is 3. The molecule has 0 aliphatic carbocycles. The zero-order valence-electron chi connectivity index (χ0n) is 8.58. The van der Waals surface area contributed by atoms with Crippen LogP contribution in [0.1, 0.15) is 27.2 Å². The van der Waals surface area contributed by atoms with Gasteiger partial charge in [0.25, 0.3) is 0 Å². The highest BCUT2D eigenvalue weighted by Gasteiger charge is 2.15. The standard InChI is InChI=1S/C9H21NO2/c1-5-6-12-9(7-11)10(4)8(2)3/h8-9,11H,5-7H2,1-4H3. The van der Waals surface area contributed by atoms with Crippen LogP contribution in [0, 0.1) is 0 Å². The lowest BCUT2D eigenvalue weighted by Gasteiger charge is -2.29. The minimum Gasteiger partial charge on any atom is -0.392 e. The predicted octanol–water partition coefficient (Wildman–Crippen LogP) is 1.07. The van der Waals surface area contributed by atoms with Crippen LogP contribution in [-0.4, -0.2) is 42.5 Å². The largest absolute Gasteiger partial charge is 0.392 e. The molecule has 0 rings (SSSR count). The van der Waals surface area contributed by atoms with Crippen molar-refractivity contribution >= 4 is 0 Å². The van der Waals surface area contributed by atoms with Crippen molar-refractivity contribution in [2.24, 2.45) is 0 Å². The Bertz CT molecular complexity index is 107. The summed E-state index contributed by atoms with van der Waals surface area (Å²) in [5.41, 5.74) is 0. The van der Waals surface area contributed by atoms with Gasteiger partial charge in [-0.05, 0) is 27.3 Å². The van der Waals surface area contributed by atoms with E-state index in [9.17, 15) is 0 Å². The molecule has 0 heterocycles. The number of ether oxygens (including phenoxy) is 1. The van der Waals surface area contributed by atoms with Crippen LogP contribution in [-0.2, 0) is 4.74 Å². The molecule has 1 N–H and O–H groups in total. The van der Waals surface area contributed by atoms with E-state index in [1.54, 1.807) is 0 Å². The van der Waals surface area contributed by atoms with Crippen molar-refractivity contribution in [1.82, 2.24) is 4.90 Å². The Labute approximate surface area is 75.3 Å². The van der Waals surface area contributed by atoms with Gasteiger partial charge in [0.05, 0.1) is 6.61 Å². The Hall–Kier alpha value is -0.120. The molecule has 0 aromatic heterocycles. The van der Waals surface area contributed by atoms with E-state index in [1.807, 2.05) is 11.9 Å². The van der Waals surface area contributed by atoms with E-state index in [0.717, 1.165) is 6.42 Å². The highest BCUT2D eigenvalue weighted by atomic mass is 16.5. The Kier molecular flexibility index (Phi) is 6.34. The van der Waals surface area contributed by atoms with Crippen LogP contribution in [0.25, 0.3) is 0 Å². The van der Waals surface area contributed by atoms with Crippen molar-refractivity contribution in [2.45, 2.75) is 39.5 Å². The number of aliphatic hydroxyl groups excluding tert-OH is 1. The number of likely N-dealkylation sites (N-methyl/N-ethyl adjacent to an activating group) is 1. The summed E-state index contributed by atoms with van der Waals surface area (Å²) in [5.74, 6) is 0. The van der Waals surface area contributed by atoms with Crippen molar-refractivity contribution in [3.63, 3.8) is 0 Å². The fraction of sp³-hybridized carbons (Fsp3) is 1.00. The van der Waals surface area contributed by atoms with Gasteiger partial charge >= 0.3 is 0 Å². The number of rotatable bonds is 6. The smallest absolute Gasteiger partial charge is 0.133 e. The molecule has 1 atom stereocenters. The van der Waals surface area contributed by atoms with Gasteiger partial charge in [0, 0.05) is 12.6 Å². The Balaban J connectivity index is 3.79. The second-order valence-electron chi connectivity index (χ2n) is 3.27. The molecule has 0 aromatic rings. The molecule has 0 fully saturated rings. The van der Waals surface area contributed by atoms with Crippen LogP contribution in [0.5, 0.6) is 0 Å². The summed E-state index contributed by atoms with van der Waals surface area (Å²) >= 11 is 0. The van der Waals surface area contributed by atoms with Gasteiger partial charge in [0.2, 0.25) is 0 Å². The summed E-state index contributed by atoms with van der Waals surface area (Å²) in [6, 6.07) is 0.402. The Morgan fingerprint density at radius 1 is 1.42 bits per heavy atom. The third-order valence-corrected chi connectivity index (χ3v) is 1.94. The molecule has 0 spiro atoms. The summed E-state index contributed by atoms with van der Waals surface area (Å²) in [6.07, 6.45) is 0.840. The number of nitrogens with zero attached hydrogens (tertiary/aromatic N) is 1. The highest BCUT2D eigenvalue weighted by Crippen LogP contribution is 2.03. The van der Waals surface area contributed by atoms with Crippen LogP contribution in [0.2, 0.25) is 0 Å². The first-order chi connectivity index (χ1) is 5.63. The van der Waals surface area contributed by atoms with Gasteiger partial charge in [0.1, 0.15) is 6.23 Å². The second-order valence-corrected chi connectivity index (χ2v) is 3.27. The van der Waals surface area contributed by atoms with Crippen molar-refractivity contribution in [1.29, 1.82) is 0 Å². The third kappa shape index (κ3) is 4.04. The maximum absolute atomic E-state index is 9.01. The summed E-state index contributed by atoms with van der Waals surface area (Å²) in [5, 5.41) is 9.01. The SMILES string of the molecule is CCCOC(CO)N(C)C(C)C. The molecule has 1 unspecified atom stereocenters. The molecule has 0 aliphatic rings. The summed E-state index contributed by atoms with van der Waals surface area (Å²) in [6.45, 7) is 7.00. The molecule has 12 heavy (non-hydrogen) atoms. The molecule has 0 radical (unpaired) electrons. The minimum absolute atomic E-state index is 0.0642. The zero-order valence-corrected chi connectivity index (χ0v) is 8.58. The maximum Gasteiger partial charge on any atom is 0.133 e.